The fraction of sp³-hybridized carbons (Fsp3) is 0.938. The van der Waals surface area contributed by atoms with Crippen LogP contribution in [0.2, 0.25) is 0 Å². The Hall–Kier alpha value is -0.570. The van der Waals surface area contributed by atoms with Crippen LogP contribution in [-0.4, -0.2) is 26.0 Å². The minimum absolute atomic E-state index is 0.342. The minimum atomic E-state index is 0.342. The van der Waals surface area contributed by atoms with Crippen molar-refractivity contribution in [2.24, 2.45) is 35.5 Å². The second-order valence-corrected chi connectivity index (χ2v) is 7.36. The number of hydrogen-bond acceptors (Lipinski definition) is 2. The molecule has 0 spiro atoms. The van der Waals surface area contributed by atoms with E-state index in [0.29, 0.717) is 29.6 Å². The molecule has 2 N–H and O–H groups in total. The summed E-state index contributed by atoms with van der Waals surface area (Å²) in [6.45, 7) is 3.98. The standard InChI is InChI=1S/C16H28N2O/c1-10(8-17-2)9-18-16(19)15-13-4-11-3-12(6-13)7-14(15)5-11/h10-15,17H,3-9H2,1-2H3,(H,18,19). The Bertz CT molecular complexity index is 314. The topological polar surface area (TPSA) is 41.1 Å². The summed E-state index contributed by atoms with van der Waals surface area (Å²) in [6.07, 6.45) is 6.78. The molecule has 0 saturated heterocycles. The quantitative estimate of drug-likeness (QED) is 0.798. The van der Waals surface area contributed by atoms with E-state index in [-0.39, 0.29) is 0 Å². The third-order valence-corrected chi connectivity index (χ3v) is 5.71. The van der Waals surface area contributed by atoms with Gasteiger partial charge in [0, 0.05) is 12.5 Å². The predicted octanol–water partition coefficient (Wildman–Crippen LogP) is 2.03. The Labute approximate surface area is 116 Å². The van der Waals surface area contributed by atoms with E-state index < -0.39 is 0 Å². The summed E-state index contributed by atoms with van der Waals surface area (Å²) >= 11 is 0. The Morgan fingerprint density at radius 3 is 2.16 bits per heavy atom. The van der Waals surface area contributed by atoms with Crippen LogP contribution in [0.15, 0.2) is 0 Å². The van der Waals surface area contributed by atoms with Crippen LogP contribution in [-0.2, 0) is 4.79 Å². The number of amides is 1. The van der Waals surface area contributed by atoms with Gasteiger partial charge in [-0.15, -0.1) is 0 Å². The molecular formula is C16H28N2O. The largest absolute Gasteiger partial charge is 0.356 e. The molecule has 4 rings (SSSR count). The van der Waals surface area contributed by atoms with Gasteiger partial charge in [0.25, 0.3) is 0 Å². The van der Waals surface area contributed by atoms with Crippen molar-refractivity contribution < 1.29 is 4.79 Å². The van der Waals surface area contributed by atoms with Crippen molar-refractivity contribution in [3.05, 3.63) is 0 Å². The maximum Gasteiger partial charge on any atom is 0.223 e. The molecule has 1 unspecified atom stereocenters. The summed E-state index contributed by atoms with van der Waals surface area (Å²) in [7, 11) is 1.97. The van der Waals surface area contributed by atoms with Crippen LogP contribution >= 0.6 is 0 Å². The van der Waals surface area contributed by atoms with Crippen molar-refractivity contribution in [1.29, 1.82) is 0 Å². The molecule has 3 nitrogen and oxygen atoms in total. The first-order valence-corrected chi connectivity index (χ1v) is 8.09. The lowest BCUT2D eigenvalue weighted by molar-refractivity contribution is -0.138. The van der Waals surface area contributed by atoms with Crippen LogP contribution in [0.1, 0.15) is 39.0 Å². The zero-order chi connectivity index (χ0) is 13.4. The van der Waals surface area contributed by atoms with Gasteiger partial charge in [0.05, 0.1) is 0 Å². The molecule has 108 valence electrons. The van der Waals surface area contributed by atoms with E-state index in [9.17, 15) is 4.79 Å². The molecule has 4 bridgehead atoms. The van der Waals surface area contributed by atoms with Crippen molar-refractivity contribution >= 4 is 5.91 Å². The van der Waals surface area contributed by atoms with Gasteiger partial charge in [-0.05, 0) is 75.3 Å². The minimum Gasteiger partial charge on any atom is -0.356 e. The average molecular weight is 264 g/mol. The van der Waals surface area contributed by atoms with Crippen LogP contribution in [0.5, 0.6) is 0 Å². The summed E-state index contributed by atoms with van der Waals surface area (Å²) in [5.41, 5.74) is 0. The van der Waals surface area contributed by atoms with Gasteiger partial charge in [-0.1, -0.05) is 6.92 Å². The lowest BCUT2D eigenvalue weighted by Gasteiger charge is -2.53. The van der Waals surface area contributed by atoms with Gasteiger partial charge in [0.1, 0.15) is 0 Å². The van der Waals surface area contributed by atoms with Gasteiger partial charge in [-0.3, -0.25) is 4.79 Å². The van der Waals surface area contributed by atoms with Crippen molar-refractivity contribution in [2.45, 2.75) is 39.0 Å². The second kappa shape index (κ2) is 5.43. The lowest BCUT2D eigenvalue weighted by Crippen LogP contribution is -2.51. The van der Waals surface area contributed by atoms with E-state index in [1.165, 1.54) is 32.1 Å². The highest BCUT2D eigenvalue weighted by Gasteiger charge is 2.50. The zero-order valence-electron chi connectivity index (χ0n) is 12.3. The van der Waals surface area contributed by atoms with Gasteiger partial charge < -0.3 is 10.6 Å². The van der Waals surface area contributed by atoms with E-state index in [1.54, 1.807) is 0 Å². The van der Waals surface area contributed by atoms with Crippen LogP contribution in [0.3, 0.4) is 0 Å². The van der Waals surface area contributed by atoms with Gasteiger partial charge in [-0.2, -0.15) is 0 Å². The smallest absolute Gasteiger partial charge is 0.223 e. The van der Waals surface area contributed by atoms with Gasteiger partial charge in [0.2, 0.25) is 5.91 Å². The monoisotopic (exact) mass is 264 g/mol. The third-order valence-electron chi connectivity index (χ3n) is 5.71. The summed E-state index contributed by atoms with van der Waals surface area (Å²) in [5.74, 6) is 4.54. The molecule has 4 saturated carbocycles. The van der Waals surface area contributed by atoms with Crippen molar-refractivity contribution in [3.8, 4) is 0 Å². The maximum absolute atomic E-state index is 12.5. The molecule has 0 aromatic carbocycles. The molecule has 0 aromatic rings. The van der Waals surface area contributed by atoms with Gasteiger partial charge >= 0.3 is 0 Å². The van der Waals surface area contributed by atoms with E-state index in [4.69, 9.17) is 0 Å². The van der Waals surface area contributed by atoms with E-state index in [2.05, 4.69) is 17.6 Å². The first kappa shape index (κ1) is 13.4. The van der Waals surface area contributed by atoms with E-state index in [1.807, 2.05) is 7.05 Å². The lowest BCUT2D eigenvalue weighted by atomic mass is 9.51. The molecule has 3 heteroatoms. The molecule has 0 heterocycles. The Morgan fingerprint density at radius 1 is 1.05 bits per heavy atom. The molecular weight excluding hydrogens is 236 g/mol. The van der Waals surface area contributed by atoms with Crippen molar-refractivity contribution in [2.75, 3.05) is 20.1 Å². The predicted molar refractivity (Wildman–Crippen MR) is 76.6 cm³/mol. The molecule has 4 fully saturated rings. The average Bonchev–Trinajstić information content (AvgIpc) is 2.35. The van der Waals surface area contributed by atoms with Crippen molar-refractivity contribution in [1.82, 2.24) is 10.6 Å². The first-order valence-electron chi connectivity index (χ1n) is 8.09. The Balaban J connectivity index is 1.55. The molecule has 0 radical (unpaired) electrons. The fourth-order valence-electron chi connectivity index (χ4n) is 5.17. The maximum atomic E-state index is 12.5. The van der Waals surface area contributed by atoms with Crippen LogP contribution in [0, 0.1) is 35.5 Å². The van der Waals surface area contributed by atoms with Crippen LogP contribution < -0.4 is 10.6 Å². The highest BCUT2D eigenvalue weighted by atomic mass is 16.1. The third kappa shape index (κ3) is 2.67. The summed E-state index contributed by atoms with van der Waals surface area (Å²) in [4.78, 5) is 12.5. The van der Waals surface area contributed by atoms with E-state index >= 15 is 0 Å². The molecule has 1 atom stereocenters. The number of hydrogen-bond donors (Lipinski definition) is 2. The van der Waals surface area contributed by atoms with Gasteiger partial charge in [0.15, 0.2) is 0 Å². The summed E-state index contributed by atoms with van der Waals surface area (Å²) in [6, 6.07) is 0. The Kier molecular flexibility index (Phi) is 3.84. The molecule has 19 heavy (non-hydrogen) atoms. The number of rotatable bonds is 5. The molecule has 0 aromatic heterocycles. The second-order valence-electron chi connectivity index (χ2n) is 7.36. The number of nitrogens with one attached hydrogen (secondary N) is 2. The summed E-state index contributed by atoms with van der Waals surface area (Å²) in [5, 5.41) is 6.39. The SMILES string of the molecule is CNCC(C)CNC(=O)C1C2CC3CC(C2)CC1C3. The first-order chi connectivity index (χ1) is 9.17. The molecule has 1 amide bonds. The Morgan fingerprint density at radius 2 is 1.63 bits per heavy atom. The molecule has 4 aliphatic rings. The fourth-order valence-corrected chi connectivity index (χ4v) is 5.17. The number of carbonyl (C=O) groups is 1. The van der Waals surface area contributed by atoms with E-state index in [0.717, 1.165) is 24.9 Å². The molecule has 4 aliphatic carbocycles. The van der Waals surface area contributed by atoms with Crippen molar-refractivity contribution in [3.63, 3.8) is 0 Å². The summed E-state index contributed by atoms with van der Waals surface area (Å²) < 4.78 is 0. The highest BCUT2D eigenvalue weighted by Crippen LogP contribution is 2.56. The zero-order valence-corrected chi connectivity index (χ0v) is 12.3. The van der Waals surface area contributed by atoms with Gasteiger partial charge in [-0.25, -0.2) is 0 Å². The van der Waals surface area contributed by atoms with Crippen LogP contribution in [0.25, 0.3) is 0 Å². The molecule has 0 aliphatic heterocycles. The normalized spacial score (nSPS) is 41.3. The van der Waals surface area contributed by atoms with Crippen LogP contribution in [0.4, 0.5) is 0 Å². The number of carbonyl (C=O) groups excluding carboxylic acids is 1. The highest BCUT2D eigenvalue weighted by molar-refractivity contribution is 5.79.